The van der Waals surface area contributed by atoms with Gasteiger partial charge in [-0.1, -0.05) is 36.8 Å². The van der Waals surface area contributed by atoms with E-state index in [0.29, 0.717) is 0 Å². The van der Waals surface area contributed by atoms with Gasteiger partial charge in [-0.3, -0.25) is 0 Å². The van der Waals surface area contributed by atoms with Crippen LogP contribution < -0.4 is 5.73 Å². The van der Waals surface area contributed by atoms with Crippen molar-refractivity contribution in [2.24, 2.45) is 5.73 Å². The van der Waals surface area contributed by atoms with Crippen LogP contribution in [0.1, 0.15) is 43.4 Å². The van der Waals surface area contributed by atoms with Crippen LogP contribution in [-0.2, 0) is 0 Å². The highest BCUT2D eigenvalue weighted by atomic mass is 15.2. The molecule has 1 aliphatic rings. The van der Waals surface area contributed by atoms with Crippen molar-refractivity contribution in [3.63, 3.8) is 0 Å². The molecule has 17 heavy (non-hydrogen) atoms. The first-order valence-corrected chi connectivity index (χ1v) is 6.77. The molecule has 2 N–H and O–H groups in total. The molecule has 94 valence electrons. The fourth-order valence-corrected chi connectivity index (χ4v) is 2.41. The van der Waals surface area contributed by atoms with Gasteiger partial charge in [-0.05, 0) is 38.3 Å². The molecule has 0 saturated heterocycles. The highest BCUT2D eigenvalue weighted by Crippen LogP contribution is 2.27. The second kappa shape index (κ2) is 5.65. The highest BCUT2D eigenvalue weighted by molar-refractivity contribution is 5.24. The van der Waals surface area contributed by atoms with Gasteiger partial charge in [0, 0.05) is 18.6 Å². The number of nitrogens with two attached hydrogens (primary N) is 1. The zero-order valence-electron chi connectivity index (χ0n) is 11.0. The van der Waals surface area contributed by atoms with Crippen LogP contribution in [0.25, 0.3) is 0 Å². The van der Waals surface area contributed by atoms with E-state index in [1.54, 1.807) is 0 Å². The van der Waals surface area contributed by atoms with Gasteiger partial charge in [-0.2, -0.15) is 0 Å². The quantitative estimate of drug-likeness (QED) is 0.817. The lowest BCUT2D eigenvalue weighted by atomic mass is 10.0. The molecule has 2 heteroatoms. The predicted octanol–water partition coefficient (Wildman–Crippen LogP) is 2.87. The van der Waals surface area contributed by atoms with E-state index in [1.807, 2.05) is 0 Å². The Balaban J connectivity index is 1.85. The van der Waals surface area contributed by atoms with Gasteiger partial charge in [-0.25, -0.2) is 0 Å². The molecule has 1 atom stereocenters. The largest absolute Gasteiger partial charge is 0.324 e. The van der Waals surface area contributed by atoms with E-state index in [9.17, 15) is 0 Å². The van der Waals surface area contributed by atoms with E-state index < -0.39 is 0 Å². The minimum absolute atomic E-state index is 0.183. The summed E-state index contributed by atoms with van der Waals surface area (Å²) in [6.07, 6.45) is 3.83. The zero-order chi connectivity index (χ0) is 12.3. The summed E-state index contributed by atoms with van der Waals surface area (Å²) in [5.74, 6) is 0. The summed E-state index contributed by atoms with van der Waals surface area (Å²) >= 11 is 0. The molecule has 0 bridgehead atoms. The maximum absolute atomic E-state index is 6.26. The van der Waals surface area contributed by atoms with E-state index in [1.165, 1.54) is 24.0 Å². The zero-order valence-corrected chi connectivity index (χ0v) is 11.0. The number of hydrogen-bond acceptors (Lipinski definition) is 2. The van der Waals surface area contributed by atoms with Gasteiger partial charge in [0.15, 0.2) is 0 Å². The number of aryl methyl sites for hydroxylation is 1. The molecule has 2 nitrogen and oxygen atoms in total. The predicted molar refractivity (Wildman–Crippen MR) is 73.0 cm³/mol. The van der Waals surface area contributed by atoms with Gasteiger partial charge < -0.3 is 10.6 Å². The third kappa shape index (κ3) is 3.55. The lowest BCUT2D eigenvalue weighted by Crippen LogP contribution is -2.29. The summed E-state index contributed by atoms with van der Waals surface area (Å²) in [5, 5.41) is 0. The molecule has 0 heterocycles. The minimum atomic E-state index is 0.183. The van der Waals surface area contributed by atoms with Crippen LogP contribution in [0.5, 0.6) is 0 Å². The Kier molecular flexibility index (Phi) is 4.19. The van der Waals surface area contributed by atoms with Crippen molar-refractivity contribution in [3.8, 4) is 0 Å². The molecule has 0 aromatic heterocycles. The summed E-state index contributed by atoms with van der Waals surface area (Å²) in [4.78, 5) is 2.57. The van der Waals surface area contributed by atoms with Crippen LogP contribution in [0.15, 0.2) is 24.3 Å². The number of rotatable bonds is 6. The van der Waals surface area contributed by atoms with E-state index in [0.717, 1.165) is 25.6 Å². The van der Waals surface area contributed by atoms with E-state index >= 15 is 0 Å². The van der Waals surface area contributed by atoms with E-state index in [4.69, 9.17) is 5.73 Å². The number of nitrogens with zero attached hydrogens (tertiary/aromatic N) is 1. The summed E-state index contributed by atoms with van der Waals surface area (Å²) in [6, 6.07) is 9.61. The van der Waals surface area contributed by atoms with Gasteiger partial charge in [-0.15, -0.1) is 0 Å². The van der Waals surface area contributed by atoms with E-state index in [-0.39, 0.29) is 6.04 Å². The summed E-state index contributed by atoms with van der Waals surface area (Å²) in [5.41, 5.74) is 8.83. The third-order valence-corrected chi connectivity index (χ3v) is 3.67. The van der Waals surface area contributed by atoms with Crippen LogP contribution in [0.3, 0.4) is 0 Å². The first-order valence-electron chi connectivity index (χ1n) is 6.77. The minimum Gasteiger partial charge on any atom is -0.324 e. The Bertz CT molecular complexity index is 358. The number of benzene rings is 1. The Labute approximate surface area is 105 Å². The number of hydrogen-bond donors (Lipinski definition) is 1. The Morgan fingerprint density at radius 2 is 2.18 bits per heavy atom. The fourth-order valence-electron chi connectivity index (χ4n) is 2.41. The molecule has 1 unspecified atom stereocenters. The Morgan fingerprint density at radius 3 is 2.76 bits per heavy atom. The van der Waals surface area contributed by atoms with Crippen molar-refractivity contribution < 1.29 is 0 Å². The molecule has 1 aliphatic carbocycles. The second-order valence-corrected chi connectivity index (χ2v) is 5.17. The van der Waals surface area contributed by atoms with Crippen molar-refractivity contribution >= 4 is 0 Å². The monoisotopic (exact) mass is 232 g/mol. The standard InChI is InChI=1S/C15H24N2/c1-3-17(14-7-8-14)10-9-15(16)13-6-4-5-12(2)11-13/h4-6,11,14-15H,3,7-10,16H2,1-2H3. The molecular formula is C15H24N2. The lowest BCUT2D eigenvalue weighted by Gasteiger charge is -2.22. The van der Waals surface area contributed by atoms with Crippen molar-refractivity contribution in [3.05, 3.63) is 35.4 Å². The molecule has 0 aliphatic heterocycles. The average molecular weight is 232 g/mol. The van der Waals surface area contributed by atoms with Gasteiger partial charge in [0.05, 0.1) is 0 Å². The van der Waals surface area contributed by atoms with Gasteiger partial charge in [0.25, 0.3) is 0 Å². The van der Waals surface area contributed by atoms with Crippen molar-refractivity contribution in [2.45, 2.75) is 45.2 Å². The summed E-state index contributed by atoms with van der Waals surface area (Å²) < 4.78 is 0. The molecule has 0 amide bonds. The van der Waals surface area contributed by atoms with Gasteiger partial charge >= 0.3 is 0 Å². The molecular weight excluding hydrogens is 208 g/mol. The maximum atomic E-state index is 6.26. The van der Waals surface area contributed by atoms with Crippen molar-refractivity contribution in [1.29, 1.82) is 0 Å². The highest BCUT2D eigenvalue weighted by Gasteiger charge is 2.27. The van der Waals surface area contributed by atoms with Crippen LogP contribution in [-0.4, -0.2) is 24.0 Å². The van der Waals surface area contributed by atoms with Crippen LogP contribution in [0, 0.1) is 6.92 Å². The molecule has 1 fully saturated rings. The lowest BCUT2D eigenvalue weighted by molar-refractivity contribution is 0.266. The maximum Gasteiger partial charge on any atom is 0.0307 e. The first-order chi connectivity index (χ1) is 8.20. The fraction of sp³-hybridized carbons (Fsp3) is 0.600. The molecule has 1 aromatic carbocycles. The Morgan fingerprint density at radius 1 is 1.41 bits per heavy atom. The molecule has 1 aromatic rings. The van der Waals surface area contributed by atoms with Crippen LogP contribution in [0.2, 0.25) is 0 Å². The Hall–Kier alpha value is -0.860. The molecule has 1 saturated carbocycles. The first kappa shape index (κ1) is 12.6. The smallest absolute Gasteiger partial charge is 0.0307 e. The normalized spacial score (nSPS) is 17.4. The molecule has 2 rings (SSSR count). The summed E-state index contributed by atoms with van der Waals surface area (Å²) in [6.45, 7) is 6.66. The third-order valence-electron chi connectivity index (χ3n) is 3.67. The van der Waals surface area contributed by atoms with Gasteiger partial charge in [0.2, 0.25) is 0 Å². The van der Waals surface area contributed by atoms with Gasteiger partial charge in [0.1, 0.15) is 0 Å². The molecule has 0 spiro atoms. The second-order valence-electron chi connectivity index (χ2n) is 5.17. The summed E-state index contributed by atoms with van der Waals surface area (Å²) in [7, 11) is 0. The van der Waals surface area contributed by atoms with Crippen LogP contribution in [0.4, 0.5) is 0 Å². The SMILES string of the molecule is CCN(CCC(N)c1cccc(C)c1)C1CC1. The van der Waals surface area contributed by atoms with E-state index in [2.05, 4.69) is 43.0 Å². The van der Waals surface area contributed by atoms with Crippen LogP contribution >= 0.6 is 0 Å². The molecule has 0 radical (unpaired) electrons. The average Bonchev–Trinajstić information content (AvgIpc) is 3.14. The van der Waals surface area contributed by atoms with Crippen molar-refractivity contribution in [1.82, 2.24) is 4.90 Å². The van der Waals surface area contributed by atoms with Crippen molar-refractivity contribution in [2.75, 3.05) is 13.1 Å². The topological polar surface area (TPSA) is 29.3 Å².